The molecular formula is C11H22N2O2. The Hall–Kier alpha value is -0.610. The molecule has 0 radical (unpaired) electrons. The Morgan fingerprint density at radius 1 is 1.60 bits per heavy atom. The van der Waals surface area contributed by atoms with Crippen molar-refractivity contribution < 1.29 is 9.53 Å². The number of carbonyl (C=O) groups is 1. The maximum atomic E-state index is 11.9. The van der Waals surface area contributed by atoms with Gasteiger partial charge < -0.3 is 15.8 Å². The highest BCUT2D eigenvalue weighted by atomic mass is 16.5. The van der Waals surface area contributed by atoms with Crippen molar-refractivity contribution in [2.45, 2.75) is 27.2 Å². The molecule has 0 aromatic heterocycles. The van der Waals surface area contributed by atoms with E-state index in [-0.39, 0.29) is 11.3 Å². The first-order chi connectivity index (χ1) is 6.96. The number of amides is 1. The SMILES string of the molecule is CCC(C)(CN)C(=O)NCC1(C)COC1. The number of hydrogen-bond acceptors (Lipinski definition) is 3. The van der Waals surface area contributed by atoms with E-state index in [1.165, 1.54) is 0 Å². The van der Waals surface area contributed by atoms with Gasteiger partial charge in [0.25, 0.3) is 0 Å². The normalized spacial score (nSPS) is 22.7. The standard InChI is InChI=1S/C11H22N2O2/c1-4-11(3,5-12)9(14)13-6-10(2)7-15-8-10/h4-8,12H2,1-3H3,(H,13,14). The third-order valence-electron chi connectivity index (χ3n) is 3.36. The predicted octanol–water partition coefficient (Wildman–Crippen LogP) is 0.514. The number of nitrogens with one attached hydrogen (secondary N) is 1. The third-order valence-corrected chi connectivity index (χ3v) is 3.36. The summed E-state index contributed by atoms with van der Waals surface area (Å²) in [5, 5.41) is 2.97. The van der Waals surface area contributed by atoms with Crippen molar-refractivity contribution in [3.63, 3.8) is 0 Å². The van der Waals surface area contributed by atoms with Crippen LogP contribution in [0.4, 0.5) is 0 Å². The molecule has 0 aromatic rings. The van der Waals surface area contributed by atoms with Crippen molar-refractivity contribution in [2.75, 3.05) is 26.3 Å². The van der Waals surface area contributed by atoms with Crippen LogP contribution in [0.5, 0.6) is 0 Å². The Balaban J connectivity index is 2.41. The lowest BCUT2D eigenvalue weighted by Crippen LogP contribution is -2.52. The van der Waals surface area contributed by atoms with E-state index in [1.807, 2.05) is 13.8 Å². The van der Waals surface area contributed by atoms with Crippen LogP contribution in [0, 0.1) is 10.8 Å². The van der Waals surface area contributed by atoms with Crippen LogP contribution in [0.1, 0.15) is 27.2 Å². The number of nitrogens with two attached hydrogens (primary N) is 1. The Kier molecular flexibility index (Phi) is 3.73. The second kappa shape index (κ2) is 4.49. The molecule has 0 bridgehead atoms. The summed E-state index contributed by atoms with van der Waals surface area (Å²) in [5.74, 6) is 0.0561. The molecule has 4 nitrogen and oxygen atoms in total. The van der Waals surface area contributed by atoms with Crippen LogP contribution in [-0.2, 0) is 9.53 Å². The second-order valence-electron chi connectivity index (χ2n) is 5.10. The largest absolute Gasteiger partial charge is 0.380 e. The van der Waals surface area contributed by atoms with Crippen LogP contribution in [0.2, 0.25) is 0 Å². The van der Waals surface area contributed by atoms with Gasteiger partial charge >= 0.3 is 0 Å². The zero-order valence-corrected chi connectivity index (χ0v) is 9.93. The van der Waals surface area contributed by atoms with Crippen molar-refractivity contribution in [1.82, 2.24) is 5.32 Å². The van der Waals surface area contributed by atoms with Gasteiger partial charge in [-0.1, -0.05) is 13.8 Å². The van der Waals surface area contributed by atoms with Crippen LogP contribution in [-0.4, -0.2) is 32.2 Å². The minimum atomic E-state index is -0.430. The van der Waals surface area contributed by atoms with Gasteiger partial charge in [0.2, 0.25) is 5.91 Å². The summed E-state index contributed by atoms with van der Waals surface area (Å²) in [5.41, 5.74) is 5.31. The summed E-state index contributed by atoms with van der Waals surface area (Å²) in [4.78, 5) is 11.9. The Morgan fingerprint density at radius 3 is 2.53 bits per heavy atom. The summed E-state index contributed by atoms with van der Waals surface area (Å²) >= 11 is 0. The Morgan fingerprint density at radius 2 is 2.20 bits per heavy atom. The molecule has 0 saturated carbocycles. The molecule has 0 spiro atoms. The van der Waals surface area contributed by atoms with Gasteiger partial charge in [0.15, 0.2) is 0 Å². The van der Waals surface area contributed by atoms with Crippen molar-refractivity contribution in [1.29, 1.82) is 0 Å². The molecule has 1 saturated heterocycles. The topological polar surface area (TPSA) is 64.4 Å². The smallest absolute Gasteiger partial charge is 0.227 e. The zero-order valence-electron chi connectivity index (χ0n) is 9.93. The average Bonchev–Trinajstić information content (AvgIpc) is 2.21. The van der Waals surface area contributed by atoms with Gasteiger partial charge in [0.05, 0.1) is 18.6 Å². The average molecular weight is 214 g/mol. The molecular weight excluding hydrogens is 192 g/mol. The molecule has 15 heavy (non-hydrogen) atoms. The van der Waals surface area contributed by atoms with Gasteiger partial charge in [0, 0.05) is 18.5 Å². The van der Waals surface area contributed by atoms with Crippen molar-refractivity contribution in [3.8, 4) is 0 Å². The minimum absolute atomic E-state index is 0.0561. The minimum Gasteiger partial charge on any atom is -0.380 e. The number of rotatable bonds is 5. The lowest BCUT2D eigenvalue weighted by Gasteiger charge is -2.39. The van der Waals surface area contributed by atoms with Crippen LogP contribution in [0.15, 0.2) is 0 Å². The van der Waals surface area contributed by atoms with Gasteiger partial charge in [-0.2, -0.15) is 0 Å². The number of carbonyl (C=O) groups excluding carboxylic acids is 1. The maximum absolute atomic E-state index is 11.9. The number of ether oxygens (including phenoxy) is 1. The molecule has 1 fully saturated rings. The zero-order chi connectivity index (χ0) is 11.5. The monoisotopic (exact) mass is 214 g/mol. The van der Waals surface area contributed by atoms with E-state index in [1.54, 1.807) is 0 Å². The first-order valence-electron chi connectivity index (χ1n) is 5.52. The molecule has 1 aliphatic rings. The molecule has 4 heteroatoms. The summed E-state index contributed by atoms with van der Waals surface area (Å²) in [6, 6.07) is 0. The van der Waals surface area contributed by atoms with Crippen LogP contribution < -0.4 is 11.1 Å². The number of hydrogen-bond donors (Lipinski definition) is 2. The van der Waals surface area contributed by atoms with E-state index in [0.29, 0.717) is 13.1 Å². The molecule has 1 amide bonds. The fourth-order valence-electron chi connectivity index (χ4n) is 1.46. The molecule has 3 N–H and O–H groups in total. The van der Waals surface area contributed by atoms with E-state index in [2.05, 4.69) is 12.2 Å². The van der Waals surface area contributed by atoms with Crippen LogP contribution in [0.3, 0.4) is 0 Å². The Bertz CT molecular complexity index is 233. The molecule has 88 valence electrons. The van der Waals surface area contributed by atoms with Gasteiger partial charge in [-0.15, -0.1) is 0 Å². The highest BCUT2D eigenvalue weighted by Crippen LogP contribution is 2.26. The highest BCUT2D eigenvalue weighted by molar-refractivity contribution is 5.82. The van der Waals surface area contributed by atoms with Crippen LogP contribution >= 0.6 is 0 Å². The predicted molar refractivity (Wildman–Crippen MR) is 59.4 cm³/mol. The van der Waals surface area contributed by atoms with Gasteiger partial charge in [0.1, 0.15) is 0 Å². The molecule has 1 rings (SSSR count). The van der Waals surface area contributed by atoms with E-state index in [9.17, 15) is 4.79 Å². The fraction of sp³-hybridized carbons (Fsp3) is 0.909. The van der Waals surface area contributed by atoms with E-state index < -0.39 is 5.41 Å². The van der Waals surface area contributed by atoms with E-state index in [4.69, 9.17) is 10.5 Å². The van der Waals surface area contributed by atoms with E-state index in [0.717, 1.165) is 19.6 Å². The lowest BCUT2D eigenvalue weighted by molar-refractivity contribution is -0.134. The summed E-state index contributed by atoms with van der Waals surface area (Å²) in [7, 11) is 0. The summed E-state index contributed by atoms with van der Waals surface area (Å²) in [6.45, 7) is 8.55. The molecule has 1 aliphatic heterocycles. The molecule has 1 atom stereocenters. The molecule has 0 aromatic carbocycles. The Labute approximate surface area is 91.5 Å². The van der Waals surface area contributed by atoms with E-state index >= 15 is 0 Å². The fourth-order valence-corrected chi connectivity index (χ4v) is 1.46. The quantitative estimate of drug-likeness (QED) is 0.701. The van der Waals surface area contributed by atoms with Crippen molar-refractivity contribution in [2.24, 2.45) is 16.6 Å². The van der Waals surface area contributed by atoms with Crippen molar-refractivity contribution >= 4 is 5.91 Å². The molecule has 0 aliphatic carbocycles. The first kappa shape index (κ1) is 12.5. The highest BCUT2D eigenvalue weighted by Gasteiger charge is 2.36. The third kappa shape index (κ3) is 2.69. The summed E-state index contributed by atoms with van der Waals surface area (Å²) in [6.07, 6.45) is 0.766. The first-order valence-corrected chi connectivity index (χ1v) is 5.52. The van der Waals surface area contributed by atoms with Crippen LogP contribution in [0.25, 0.3) is 0 Å². The van der Waals surface area contributed by atoms with Gasteiger partial charge in [-0.05, 0) is 13.3 Å². The molecule has 1 heterocycles. The van der Waals surface area contributed by atoms with Crippen molar-refractivity contribution in [3.05, 3.63) is 0 Å². The summed E-state index contributed by atoms with van der Waals surface area (Å²) < 4.78 is 5.13. The lowest BCUT2D eigenvalue weighted by atomic mass is 9.85. The second-order valence-corrected chi connectivity index (χ2v) is 5.10. The maximum Gasteiger partial charge on any atom is 0.227 e. The van der Waals surface area contributed by atoms with Gasteiger partial charge in [-0.3, -0.25) is 4.79 Å². The molecule has 1 unspecified atom stereocenters. The van der Waals surface area contributed by atoms with Gasteiger partial charge in [-0.25, -0.2) is 0 Å².